The molecule has 0 radical (unpaired) electrons. The number of rotatable bonds is 7. The number of nitrogen functional groups attached to an aromatic ring is 2. The first kappa shape index (κ1) is 22.7. The number of amides is 1. The molecule has 9 nitrogen and oxygen atoms in total. The van der Waals surface area contributed by atoms with Crippen LogP contribution in [-0.2, 0) is 4.79 Å². The highest BCUT2D eigenvalue weighted by Crippen LogP contribution is 2.38. The number of aliphatic hydroxyl groups is 1. The van der Waals surface area contributed by atoms with Gasteiger partial charge in [0.05, 0.1) is 47.2 Å². The molecule has 0 saturated heterocycles. The van der Waals surface area contributed by atoms with Gasteiger partial charge in [-0.1, -0.05) is 0 Å². The molecule has 0 atom stereocenters. The fourth-order valence-corrected chi connectivity index (χ4v) is 2.24. The second kappa shape index (κ2) is 11.4. The SMILES string of the molecule is COc1cc(N)cc(OC)c1OC.COc1ccc(N)cc1NC(=O)CCO. The van der Waals surface area contributed by atoms with Gasteiger partial charge in [0.1, 0.15) is 5.75 Å². The molecule has 9 heteroatoms. The zero-order chi connectivity index (χ0) is 21.1. The fourth-order valence-electron chi connectivity index (χ4n) is 2.24. The molecule has 2 aromatic carbocycles. The molecule has 2 rings (SSSR count). The van der Waals surface area contributed by atoms with Crippen molar-refractivity contribution in [3.63, 3.8) is 0 Å². The smallest absolute Gasteiger partial charge is 0.226 e. The van der Waals surface area contributed by atoms with Gasteiger partial charge in [-0.3, -0.25) is 4.79 Å². The molecule has 0 aliphatic carbocycles. The second-order valence-corrected chi connectivity index (χ2v) is 5.44. The van der Waals surface area contributed by atoms with Crippen molar-refractivity contribution in [3.8, 4) is 23.0 Å². The average molecular weight is 393 g/mol. The van der Waals surface area contributed by atoms with Gasteiger partial charge in [0, 0.05) is 23.5 Å². The van der Waals surface area contributed by atoms with Crippen LogP contribution in [0.1, 0.15) is 6.42 Å². The van der Waals surface area contributed by atoms with Gasteiger partial charge >= 0.3 is 0 Å². The summed E-state index contributed by atoms with van der Waals surface area (Å²) in [5, 5.41) is 11.2. The molecule has 0 heterocycles. The van der Waals surface area contributed by atoms with Gasteiger partial charge in [0.2, 0.25) is 11.7 Å². The topological polar surface area (TPSA) is 138 Å². The third kappa shape index (κ3) is 6.44. The third-order valence-corrected chi connectivity index (χ3v) is 3.52. The second-order valence-electron chi connectivity index (χ2n) is 5.44. The standard InChI is InChI=1S/C10H14N2O3.C9H13NO3/c1-15-9-3-2-7(11)6-8(9)12-10(14)4-5-13;1-11-7-4-6(10)5-8(12-2)9(7)13-3/h2-3,6,13H,4-5,11H2,1H3,(H,12,14);4-5H,10H2,1-3H3. The summed E-state index contributed by atoms with van der Waals surface area (Å²) in [6.07, 6.45) is 0.0535. The lowest BCUT2D eigenvalue weighted by Gasteiger charge is -2.12. The summed E-state index contributed by atoms with van der Waals surface area (Å²) in [5.41, 5.74) is 12.8. The highest BCUT2D eigenvalue weighted by molar-refractivity contribution is 5.92. The molecule has 0 spiro atoms. The number of hydrogen-bond donors (Lipinski definition) is 4. The number of nitrogens with two attached hydrogens (primary N) is 2. The Morgan fingerprint density at radius 3 is 1.93 bits per heavy atom. The molecular formula is C19H27N3O6. The molecule has 1 amide bonds. The van der Waals surface area contributed by atoms with Gasteiger partial charge in [0.15, 0.2) is 11.5 Å². The summed E-state index contributed by atoms with van der Waals surface area (Å²) >= 11 is 0. The van der Waals surface area contributed by atoms with Crippen LogP contribution in [0.2, 0.25) is 0 Å². The fraction of sp³-hybridized carbons (Fsp3) is 0.316. The van der Waals surface area contributed by atoms with E-state index in [1.807, 2.05) is 0 Å². The Balaban J connectivity index is 0.000000283. The number of methoxy groups -OCH3 is 4. The number of nitrogens with one attached hydrogen (secondary N) is 1. The maximum Gasteiger partial charge on any atom is 0.226 e. The van der Waals surface area contributed by atoms with E-state index < -0.39 is 0 Å². The molecule has 0 aromatic heterocycles. The Hall–Kier alpha value is -3.33. The molecule has 0 bridgehead atoms. The van der Waals surface area contributed by atoms with Crippen molar-refractivity contribution in [2.45, 2.75) is 6.42 Å². The van der Waals surface area contributed by atoms with Crippen LogP contribution in [0.3, 0.4) is 0 Å². The number of carbonyl (C=O) groups excluding carboxylic acids is 1. The van der Waals surface area contributed by atoms with Crippen LogP contribution in [-0.4, -0.2) is 46.1 Å². The van der Waals surface area contributed by atoms with Gasteiger partial charge in [0.25, 0.3) is 0 Å². The van der Waals surface area contributed by atoms with Crippen molar-refractivity contribution in [1.29, 1.82) is 0 Å². The summed E-state index contributed by atoms with van der Waals surface area (Å²) in [5.74, 6) is 1.95. The molecule has 2 aromatic rings. The highest BCUT2D eigenvalue weighted by atomic mass is 16.5. The molecule has 0 unspecified atom stereocenters. The molecular weight excluding hydrogens is 366 g/mol. The largest absolute Gasteiger partial charge is 0.495 e. The van der Waals surface area contributed by atoms with Crippen molar-refractivity contribution in [3.05, 3.63) is 30.3 Å². The highest BCUT2D eigenvalue weighted by Gasteiger charge is 2.11. The third-order valence-electron chi connectivity index (χ3n) is 3.52. The van der Waals surface area contributed by atoms with Gasteiger partial charge < -0.3 is 40.8 Å². The lowest BCUT2D eigenvalue weighted by molar-refractivity contribution is -0.116. The van der Waals surface area contributed by atoms with Crippen LogP contribution in [0.4, 0.5) is 17.1 Å². The maximum absolute atomic E-state index is 11.2. The van der Waals surface area contributed by atoms with Crippen LogP contribution >= 0.6 is 0 Å². The van der Waals surface area contributed by atoms with Gasteiger partial charge in [-0.05, 0) is 18.2 Å². The van der Waals surface area contributed by atoms with E-state index in [4.69, 9.17) is 35.5 Å². The first-order valence-electron chi connectivity index (χ1n) is 8.29. The van der Waals surface area contributed by atoms with Crippen molar-refractivity contribution >= 4 is 23.0 Å². The molecule has 0 saturated carbocycles. The van der Waals surface area contributed by atoms with E-state index in [0.29, 0.717) is 40.1 Å². The number of aliphatic hydroxyl groups excluding tert-OH is 1. The molecule has 0 aliphatic heterocycles. The van der Waals surface area contributed by atoms with E-state index in [1.54, 1.807) is 51.7 Å². The van der Waals surface area contributed by atoms with E-state index >= 15 is 0 Å². The maximum atomic E-state index is 11.2. The van der Waals surface area contributed by atoms with Crippen LogP contribution in [0.5, 0.6) is 23.0 Å². The molecule has 28 heavy (non-hydrogen) atoms. The Kier molecular flexibility index (Phi) is 9.24. The summed E-state index contributed by atoms with van der Waals surface area (Å²) < 4.78 is 20.3. The molecule has 0 fully saturated rings. The number of carbonyl (C=O) groups is 1. The van der Waals surface area contributed by atoms with Crippen molar-refractivity contribution in [1.82, 2.24) is 0 Å². The van der Waals surface area contributed by atoms with Crippen LogP contribution < -0.4 is 35.7 Å². The molecule has 154 valence electrons. The summed E-state index contributed by atoms with van der Waals surface area (Å²) in [7, 11) is 6.16. The zero-order valence-corrected chi connectivity index (χ0v) is 16.4. The minimum atomic E-state index is -0.276. The van der Waals surface area contributed by atoms with Gasteiger partial charge in [-0.25, -0.2) is 0 Å². The quantitative estimate of drug-likeness (QED) is 0.523. The van der Waals surface area contributed by atoms with Crippen LogP contribution in [0.15, 0.2) is 30.3 Å². The minimum Gasteiger partial charge on any atom is -0.495 e. The normalized spacial score (nSPS) is 9.61. The number of ether oxygens (including phenoxy) is 4. The van der Waals surface area contributed by atoms with E-state index in [-0.39, 0.29) is 18.9 Å². The molecule has 6 N–H and O–H groups in total. The summed E-state index contributed by atoms with van der Waals surface area (Å²) in [6, 6.07) is 8.32. The van der Waals surface area contributed by atoms with Crippen molar-refractivity contribution in [2.75, 3.05) is 51.8 Å². The van der Waals surface area contributed by atoms with E-state index in [0.717, 1.165) is 0 Å². The van der Waals surface area contributed by atoms with Gasteiger partial charge in [-0.2, -0.15) is 0 Å². The van der Waals surface area contributed by atoms with Crippen LogP contribution in [0, 0.1) is 0 Å². The lowest BCUT2D eigenvalue weighted by Crippen LogP contribution is -2.13. The molecule has 0 aliphatic rings. The average Bonchev–Trinajstić information content (AvgIpc) is 2.68. The predicted octanol–water partition coefficient (Wildman–Crippen LogP) is 1.89. The van der Waals surface area contributed by atoms with E-state index in [9.17, 15) is 4.79 Å². The lowest BCUT2D eigenvalue weighted by atomic mass is 10.2. The van der Waals surface area contributed by atoms with Crippen molar-refractivity contribution < 1.29 is 28.8 Å². The summed E-state index contributed by atoms with van der Waals surface area (Å²) in [4.78, 5) is 11.2. The number of benzene rings is 2. The first-order chi connectivity index (χ1) is 13.4. The zero-order valence-electron chi connectivity index (χ0n) is 16.4. The van der Waals surface area contributed by atoms with Gasteiger partial charge in [-0.15, -0.1) is 0 Å². The monoisotopic (exact) mass is 393 g/mol. The number of hydrogen-bond acceptors (Lipinski definition) is 8. The summed E-state index contributed by atoms with van der Waals surface area (Å²) in [6.45, 7) is -0.184. The van der Waals surface area contributed by atoms with E-state index in [2.05, 4.69) is 5.32 Å². The first-order valence-corrected chi connectivity index (χ1v) is 8.29. The predicted molar refractivity (Wildman–Crippen MR) is 108 cm³/mol. The Labute approximate surface area is 164 Å². The van der Waals surface area contributed by atoms with E-state index in [1.165, 1.54) is 7.11 Å². The number of anilines is 3. The Bertz CT molecular complexity index is 757. The Morgan fingerprint density at radius 2 is 1.46 bits per heavy atom. The van der Waals surface area contributed by atoms with Crippen molar-refractivity contribution in [2.24, 2.45) is 0 Å². The Morgan fingerprint density at radius 1 is 0.893 bits per heavy atom. The van der Waals surface area contributed by atoms with Crippen LogP contribution in [0.25, 0.3) is 0 Å². The minimum absolute atomic E-state index is 0.0535.